The highest BCUT2D eigenvalue weighted by Gasteiger charge is 1.95. The molecular weight excluding hydrogens is 270 g/mol. The highest BCUT2D eigenvalue weighted by atomic mass is 14.9. The van der Waals surface area contributed by atoms with E-state index in [0.29, 0.717) is 5.56 Å². The van der Waals surface area contributed by atoms with Crippen molar-refractivity contribution in [2.45, 2.75) is 13.5 Å². The third kappa shape index (κ3) is 2.72. The molecule has 0 aliphatic carbocycles. The first-order valence-corrected chi connectivity index (χ1v) is 7.33. The molecule has 0 fully saturated rings. The van der Waals surface area contributed by atoms with Crippen molar-refractivity contribution in [3.8, 4) is 6.07 Å². The molecule has 2 heterocycles. The summed E-state index contributed by atoms with van der Waals surface area (Å²) in [5.74, 6) is 0. The van der Waals surface area contributed by atoms with Crippen molar-refractivity contribution in [3.05, 3.63) is 72.6 Å². The SMILES string of the molecule is CCn1ccc2ccccc21.N#Cc1ccc2[nH]ccc2c1. The number of nitriles is 1. The molecule has 4 rings (SSSR count). The molecule has 0 saturated heterocycles. The summed E-state index contributed by atoms with van der Waals surface area (Å²) in [5, 5.41) is 11.0. The van der Waals surface area contributed by atoms with Gasteiger partial charge < -0.3 is 9.55 Å². The molecule has 0 aliphatic heterocycles. The molecule has 0 unspecified atom stereocenters. The van der Waals surface area contributed by atoms with E-state index in [1.54, 1.807) is 6.07 Å². The van der Waals surface area contributed by atoms with Gasteiger partial charge in [0.05, 0.1) is 11.6 Å². The molecule has 0 bridgehead atoms. The van der Waals surface area contributed by atoms with Gasteiger partial charge in [0.2, 0.25) is 0 Å². The topological polar surface area (TPSA) is 44.5 Å². The van der Waals surface area contributed by atoms with E-state index in [1.165, 1.54) is 10.9 Å². The van der Waals surface area contributed by atoms with E-state index in [-0.39, 0.29) is 0 Å². The van der Waals surface area contributed by atoms with Crippen LogP contribution in [0.5, 0.6) is 0 Å². The second-order valence-electron chi connectivity index (χ2n) is 5.05. The summed E-state index contributed by atoms with van der Waals surface area (Å²) in [6.07, 6.45) is 4.00. The van der Waals surface area contributed by atoms with Crippen LogP contribution in [0.25, 0.3) is 21.8 Å². The normalized spacial score (nSPS) is 10.2. The second-order valence-corrected chi connectivity index (χ2v) is 5.05. The predicted octanol–water partition coefficient (Wildman–Crippen LogP) is 4.70. The largest absolute Gasteiger partial charge is 0.361 e. The van der Waals surface area contributed by atoms with E-state index < -0.39 is 0 Å². The maximum absolute atomic E-state index is 8.57. The molecule has 4 aromatic rings. The predicted molar refractivity (Wildman–Crippen MR) is 90.6 cm³/mol. The summed E-state index contributed by atoms with van der Waals surface area (Å²) in [7, 11) is 0. The third-order valence-corrected chi connectivity index (χ3v) is 3.70. The number of nitrogens with one attached hydrogen (secondary N) is 1. The Bertz CT molecular complexity index is 938. The minimum atomic E-state index is 0.706. The van der Waals surface area contributed by atoms with E-state index in [4.69, 9.17) is 5.26 Å². The molecule has 108 valence electrons. The van der Waals surface area contributed by atoms with Crippen LogP contribution in [0.1, 0.15) is 12.5 Å². The molecule has 22 heavy (non-hydrogen) atoms. The molecule has 1 N–H and O–H groups in total. The fraction of sp³-hybridized carbons (Fsp3) is 0.105. The fourth-order valence-corrected chi connectivity index (χ4v) is 2.54. The lowest BCUT2D eigenvalue weighted by molar-refractivity contribution is 0.798. The monoisotopic (exact) mass is 287 g/mol. The van der Waals surface area contributed by atoms with Gasteiger partial charge in [-0.15, -0.1) is 0 Å². The standard InChI is InChI=1S/C10H11N.C9H6N2/c1-2-11-8-7-9-5-3-4-6-10(9)11;10-6-7-1-2-9-8(5-7)3-4-11-9/h3-8H,2H2,1H3;1-5,11H. The van der Waals surface area contributed by atoms with Gasteiger partial charge in [-0.05, 0) is 48.7 Å². The fourth-order valence-electron chi connectivity index (χ4n) is 2.54. The molecule has 0 amide bonds. The highest BCUT2D eigenvalue weighted by Crippen LogP contribution is 2.14. The van der Waals surface area contributed by atoms with Crippen LogP contribution in [0.3, 0.4) is 0 Å². The lowest BCUT2D eigenvalue weighted by Crippen LogP contribution is -1.89. The van der Waals surface area contributed by atoms with Crippen molar-refractivity contribution >= 4 is 21.8 Å². The van der Waals surface area contributed by atoms with Crippen molar-refractivity contribution in [3.63, 3.8) is 0 Å². The number of hydrogen-bond donors (Lipinski definition) is 1. The van der Waals surface area contributed by atoms with Crippen molar-refractivity contribution in [1.82, 2.24) is 9.55 Å². The summed E-state index contributed by atoms with van der Waals surface area (Å²) in [4.78, 5) is 3.06. The zero-order chi connectivity index (χ0) is 15.4. The summed E-state index contributed by atoms with van der Waals surface area (Å²) >= 11 is 0. The molecule has 3 heteroatoms. The lowest BCUT2D eigenvalue weighted by atomic mass is 10.2. The third-order valence-electron chi connectivity index (χ3n) is 3.70. The Hall–Kier alpha value is -2.99. The van der Waals surface area contributed by atoms with Crippen LogP contribution in [0.2, 0.25) is 0 Å². The Morgan fingerprint density at radius 3 is 2.73 bits per heavy atom. The van der Waals surface area contributed by atoms with Crippen LogP contribution in [-0.2, 0) is 6.54 Å². The van der Waals surface area contributed by atoms with Gasteiger partial charge in [-0.2, -0.15) is 5.26 Å². The zero-order valence-corrected chi connectivity index (χ0v) is 12.5. The summed E-state index contributed by atoms with van der Waals surface area (Å²) in [6.45, 7) is 3.21. The number of hydrogen-bond acceptors (Lipinski definition) is 1. The smallest absolute Gasteiger partial charge is 0.0991 e. The number of H-pyrrole nitrogens is 1. The van der Waals surface area contributed by atoms with Gasteiger partial charge in [0.25, 0.3) is 0 Å². The average Bonchev–Trinajstić information content (AvgIpc) is 3.21. The summed E-state index contributed by atoms with van der Waals surface area (Å²) in [6, 6.07) is 20.2. The van der Waals surface area contributed by atoms with Crippen LogP contribution < -0.4 is 0 Å². The number of benzene rings is 2. The summed E-state index contributed by atoms with van der Waals surface area (Å²) < 4.78 is 2.25. The van der Waals surface area contributed by atoms with E-state index in [0.717, 1.165) is 17.4 Å². The second kappa shape index (κ2) is 6.19. The molecule has 0 radical (unpaired) electrons. The lowest BCUT2D eigenvalue weighted by Gasteiger charge is -1.98. The number of aromatic nitrogens is 2. The van der Waals surface area contributed by atoms with Crippen molar-refractivity contribution in [1.29, 1.82) is 5.26 Å². The molecule has 0 aliphatic rings. The van der Waals surface area contributed by atoms with Crippen LogP contribution >= 0.6 is 0 Å². The average molecular weight is 287 g/mol. The number of fused-ring (bicyclic) bond motifs is 2. The van der Waals surface area contributed by atoms with Crippen molar-refractivity contribution in [2.75, 3.05) is 0 Å². The van der Waals surface area contributed by atoms with Crippen LogP contribution in [-0.4, -0.2) is 9.55 Å². The molecular formula is C19H17N3. The first-order valence-electron chi connectivity index (χ1n) is 7.33. The Morgan fingerprint density at radius 1 is 1.05 bits per heavy atom. The van der Waals surface area contributed by atoms with Gasteiger partial charge in [-0.25, -0.2) is 0 Å². The van der Waals surface area contributed by atoms with E-state index in [9.17, 15) is 0 Å². The number of nitrogens with zero attached hydrogens (tertiary/aromatic N) is 2. The van der Waals surface area contributed by atoms with Crippen molar-refractivity contribution < 1.29 is 0 Å². The van der Waals surface area contributed by atoms with Crippen LogP contribution in [0, 0.1) is 11.3 Å². The Kier molecular flexibility index (Phi) is 3.93. The van der Waals surface area contributed by atoms with Gasteiger partial charge in [-0.1, -0.05) is 18.2 Å². The maximum atomic E-state index is 8.57. The van der Waals surface area contributed by atoms with E-state index >= 15 is 0 Å². The quantitative estimate of drug-likeness (QED) is 0.542. The minimum Gasteiger partial charge on any atom is -0.361 e. The zero-order valence-electron chi connectivity index (χ0n) is 12.5. The van der Waals surface area contributed by atoms with Gasteiger partial charge in [0.1, 0.15) is 0 Å². The summed E-state index contributed by atoms with van der Waals surface area (Å²) in [5.41, 5.74) is 3.11. The number of aromatic amines is 1. The minimum absolute atomic E-state index is 0.706. The van der Waals surface area contributed by atoms with Crippen LogP contribution in [0.15, 0.2) is 67.0 Å². The van der Waals surface area contributed by atoms with Gasteiger partial charge >= 0.3 is 0 Å². The van der Waals surface area contributed by atoms with Crippen molar-refractivity contribution in [2.24, 2.45) is 0 Å². The molecule has 2 aromatic carbocycles. The Balaban J connectivity index is 0.000000131. The van der Waals surface area contributed by atoms with Crippen LogP contribution in [0.4, 0.5) is 0 Å². The molecule has 0 atom stereocenters. The maximum Gasteiger partial charge on any atom is 0.0991 e. The number of aryl methyl sites for hydroxylation is 1. The van der Waals surface area contributed by atoms with Gasteiger partial charge in [-0.3, -0.25) is 0 Å². The number of para-hydroxylation sites is 1. The Labute approximate surface area is 129 Å². The number of rotatable bonds is 1. The van der Waals surface area contributed by atoms with Gasteiger partial charge in [0, 0.05) is 35.4 Å². The van der Waals surface area contributed by atoms with E-state index in [1.807, 2.05) is 24.4 Å². The molecule has 3 nitrogen and oxygen atoms in total. The van der Waals surface area contributed by atoms with E-state index in [2.05, 4.69) is 59.1 Å². The molecule has 2 aromatic heterocycles. The Morgan fingerprint density at radius 2 is 1.91 bits per heavy atom. The molecule has 0 saturated carbocycles. The first kappa shape index (κ1) is 14.0. The van der Waals surface area contributed by atoms with Gasteiger partial charge in [0.15, 0.2) is 0 Å². The first-order chi connectivity index (χ1) is 10.8. The highest BCUT2D eigenvalue weighted by molar-refractivity contribution is 5.80. The molecule has 0 spiro atoms.